The summed E-state index contributed by atoms with van der Waals surface area (Å²) in [6.07, 6.45) is 0.571. The molecule has 0 saturated heterocycles. The summed E-state index contributed by atoms with van der Waals surface area (Å²) >= 11 is 9.61. The van der Waals surface area contributed by atoms with Crippen molar-refractivity contribution in [2.75, 3.05) is 5.32 Å². The fourth-order valence-corrected chi connectivity index (χ4v) is 3.15. The lowest BCUT2D eigenvalue weighted by molar-refractivity contribution is 0.523. The fourth-order valence-electron chi connectivity index (χ4n) is 2.44. The van der Waals surface area contributed by atoms with Gasteiger partial charge < -0.3 is 15.5 Å². The minimum absolute atomic E-state index is 0.0489. The molecule has 7 heteroatoms. The molecule has 24 heavy (non-hydrogen) atoms. The third-order valence-corrected chi connectivity index (χ3v) is 4.57. The Morgan fingerprint density at radius 3 is 2.88 bits per heavy atom. The normalized spacial score (nSPS) is 12.5. The van der Waals surface area contributed by atoms with Crippen LogP contribution in [0.3, 0.4) is 0 Å². The van der Waals surface area contributed by atoms with Gasteiger partial charge in [0.15, 0.2) is 5.58 Å². The van der Waals surface area contributed by atoms with Crippen LogP contribution in [0, 0.1) is 5.82 Å². The van der Waals surface area contributed by atoms with E-state index in [-0.39, 0.29) is 11.9 Å². The van der Waals surface area contributed by atoms with Gasteiger partial charge in [-0.25, -0.2) is 9.37 Å². The van der Waals surface area contributed by atoms with Crippen LogP contribution in [0.5, 0.6) is 0 Å². The van der Waals surface area contributed by atoms with Gasteiger partial charge >= 0.3 is 0 Å². The van der Waals surface area contributed by atoms with Crippen LogP contribution in [0.2, 0.25) is 5.15 Å². The SMILES string of the molecule is C[C@H](N)Cc1oc2c(NCc3ccccc3F)cc(Cl)nc2c1Br. The molecule has 0 bridgehead atoms. The standard InChI is InChI=1S/C17H16BrClFN3O/c1-9(21)6-13-15(18)16-17(24-13)12(7-14(19)23-16)22-8-10-4-2-3-5-11(10)20/h2-5,7,9H,6,8,21H2,1H3,(H,22,23)/t9-/m0/s1. The molecule has 3 rings (SSSR count). The molecular formula is C17H16BrClFN3O. The first-order chi connectivity index (χ1) is 11.5. The minimum Gasteiger partial charge on any atom is -0.456 e. The summed E-state index contributed by atoms with van der Waals surface area (Å²) in [6.45, 7) is 2.21. The first-order valence-electron chi connectivity index (χ1n) is 7.46. The summed E-state index contributed by atoms with van der Waals surface area (Å²) < 4.78 is 20.4. The summed E-state index contributed by atoms with van der Waals surface area (Å²) in [4.78, 5) is 4.31. The number of fused-ring (bicyclic) bond motifs is 1. The minimum atomic E-state index is -0.264. The van der Waals surface area contributed by atoms with Gasteiger partial charge in [0.05, 0.1) is 10.2 Å². The Hall–Kier alpha value is -1.63. The summed E-state index contributed by atoms with van der Waals surface area (Å²) in [5, 5.41) is 3.50. The van der Waals surface area contributed by atoms with Gasteiger partial charge in [-0.3, -0.25) is 0 Å². The van der Waals surface area contributed by atoms with Crippen LogP contribution >= 0.6 is 27.5 Å². The number of nitrogens with two attached hydrogens (primary N) is 1. The van der Waals surface area contributed by atoms with Gasteiger partial charge in [0.25, 0.3) is 0 Å². The molecule has 3 aromatic rings. The van der Waals surface area contributed by atoms with Gasteiger partial charge in [-0.05, 0) is 28.9 Å². The van der Waals surface area contributed by atoms with Crippen LogP contribution in [0.4, 0.5) is 10.1 Å². The van der Waals surface area contributed by atoms with Gasteiger partial charge in [-0.15, -0.1) is 0 Å². The second kappa shape index (κ2) is 7.09. The van der Waals surface area contributed by atoms with E-state index in [4.69, 9.17) is 21.8 Å². The van der Waals surface area contributed by atoms with Crippen molar-refractivity contribution in [2.24, 2.45) is 5.73 Å². The monoisotopic (exact) mass is 411 g/mol. The molecule has 0 saturated carbocycles. The predicted molar refractivity (Wildman–Crippen MR) is 97.8 cm³/mol. The zero-order chi connectivity index (χ0) is 17.3. The van der Waals surface area contributed by atoms with Crippen molar-refractivity contribution in [3.8, 4) is 0 Å². The Kier molecular flexibility index (Phi) is 5.08. The van der Waals surface area contributed by atoms with Gasteiger partial charge in [0.1, 0.15) is 22.2 Å². The van der Waals surface area contributed by atoms with Gasteiger partial charge in [0.2, 0.25) is 0 Å². The van der Waals surface area contributed by atoms with E-state index in [1.165, 1.54) is 6.07 Å². The number of anilines is 1. The number of hydrogen-bond donors (Lipinski definition) is 2. The number of nitrogens with zero attached hydrogens (tertiary/aromatic N) is 1. The lowest BCUT2D eigenvalue weighted by atomic mass is 10.2. The van der Waals surface area contributed by atoms with Crippen LogP contribution in [-0.2, 0) is 13.0 Å². The topological polar surface area (TPSA) is 64.1 Å². The highest BCUT2D eigenvalue weighted by atomic mass is 79.9. The second-order valence-corrected chi connectivity index (χ2v) is 6.82. The highest BCUT2D eigenvalue weighted by molar-refractivity contribution is 9.10. The zero-order valence-electron chi connectivity index (χ0n) is 12.9. The summed E-state index contributed by atoms with van der Waals surface area (Å²) in [5.41, 5.74) is 8.25. The molecule has 3 N–H and O–H groups in total. The number of benzene rings is 1. The van der Waals surface area contributed by atoms with E-state index in [1.54, 1.807) is 24.3 Å². The predicted octanol–water partition coefficient (Wildman–Crippen LogP) is 4.88. The average Bonchev–Trinajstić information content (AvgIpc) is 2.82. The molecule has 0 aliphatic carbocycles. The highest BCUT2D eigenvalue weighted by Crippen LogP contribution is 2.36. The maximum atomic E-state index is 13.8. The van der Waals surface area contributed by atoms with Crippen LogP contribution in [-0.4, -0.2) is 11.0 Å². The molecule has 2 aromatic heterocycles. The Morgan fingerprint density at radius 2 is 2.17 bits per heavy atom. The van der Waals surface area contributed by atoms with E-state index in [0.717, 1.165) is 4.47 Å². The smallest absolute Gasteiger partial charge is 0.177 e. The maximum Gasteiger partial charge on any atom is 0.177 e. The number of rotatable bonds is 5. The van der Waals surface area contributed by atoms with E-state index in [1.807, 2.05) is 6.92 Å². The fraction of sp³-hybridized carbons (Fsp3) is 0.235. The zero-order valence-corrected chi connectivity index (χ0v) is 15.3. The van der Waals surface area contributed by atoms with Crippen molar-refractivity contribution in [2.45, 2.75) is 25.9 Å². The van der Waals surface area contributed by atoms with Gasteiger partial charge in [0, 0.05) is 30.6 Å². The quantitative estimate of drug-likeness (QED) is 0.586. The van der Waals surface area contributed by atoms with E-state index in [0.29, 0.717) is 46.2 Å². The molecule has 1 atom stereocenters. The van der Waals surface area contributed by atoms with Crippen molar-refractivity contribution in [1.82, 2.24) is 4.98 Å². The largest absolute Gasteiger partial charge is 0.456 e. The lowest BCUT2D eigenvalue weighted by Gasteiger charge is -2.08. The third kappa shape index (κ3) is 3.55. The Balaban J connectivity index is 1.96. The Morgan fingerprint density at radius 1 is 1.42 bits per heavy atom. The second-order valence-electron chi connectivity index (χ2n) is 5.64. The van der Waals surface area contributed by atoms with E-state index < -0.39 is 0 Å². The van der Waals surface area contributed by atoms with Crippen LogP contribution in [0.15, 0.2) is 39.2 Å². The van der Waals surface area contributed by atoms with E-state index in [2.05, 4.69) is 26.2 Å². The maximum absolute atomic E-state index is 13.8. The van der Waals surface area contributed by atoms with Crippen molar-refractivity contribution in [3.63, 3.8) is 0 Å². The molecule has 0 unspecified atom stereocenters. The molecule has 2 heterocycles. The number of nitrogens with one attached hydrogen (secondary N) is 1. The molecule has 0 amide bonds. The number of aromatic nitrogens is 1. The number of hydrogen-bond acceptors (Lipinski definition) is 4. The third-order valence-electron chi connectivity index (χ3n) is 3.55. The van der Waals surface area contributed by atoms with Crippen molar-refractivity contribution < 1.29 is 8.81 Å². The van der Waals surface area contributed by atoms with E-state index >= 15 is 0 Å². The van der Waals surface area contributed by atoms with Gasteiger partial charge in [-0.2, -0.15) is 0 Å². The molecule has 0 radical (unpaired) electrons. The van der Waals surface area contributed by atoms with Crippen molar-refractivity contribution in [3.05, 3.63) is 57.1 Å². The summed E-state index contributed by atoms with van der Waals surface area (Å²) in [7, 11) is 0. The number of furan rings is 1. The van der Waals surface area contributed by atoms with Crippen LogP contribution in [0.1, 0.15) is 18.2 Å². The van der Waals surface area contributed by atoms with Crippen LogP contribution in [0.25, 0.3) is 11.1 Å². The van der Waals surface area contributed by atoms with Gasteiger partial charge in [-0.1, -0.05) is 29.8 Å². The first-order valence-corrected chi connectivity index (χ1v) is 8.63. The molecule has 126 valence electrons. The van der Waals surface area contributed by atoms with E-state index in [9.17, 15) is 4.39 Å². The van der Waals surface area contributed by atoms with Crippen molar-refractivity contribution in [1.29, 1.82) is 0 Å². The first kappa shape index (κ1) is 17.2. The molecule has 0 fully saturated rings. The summed E-state index contributed by atoms with van der Waals surface area (Å²) in [6, 6.07) is 8.21. The highest BCUT2D eigenvalue weighted by Gasteiger charge is 2.18. The average molecular weight is 413 g/mol. The Labute approximate surface area is 152 Å². The number of halogens is 3. The lowest BCUT2D eigenvalue weighted by Crippen LogP contribution is -2.17. The van der Waals surface area contributed by atoms with Crippen LogP contribution < -0.4 is 11.1 Å². The molecule has 0 aliphatic heterocycles. The molecule has 0 aliphatic rings. The van der Waals surface area contributed by atoms with Crippen molar-refractivity contribution >= 4 is 44.3 Å². The molecular weight excluding hydrogens is 397 g/mol. The summed E-state index contributed by atoms with van der Waals surface area (Å²) in [5.74, 6) is 0.448. The molecule has 0 spiro atoms. The Bertz CT molecular complexity index is 882. The molecule has 1 aromatic carbocycles. The molecule has 4 nitrogen and oxygen atoms in total. The number of pyridine rings is 1.